The predicted octanol–water partition coefficient (Wildman–Crippen LogP) is 3.13. The van der Waals surface area contributed by atoms with Crippen molar-refractivity contribution >= 4 is 27.8 Å². The van der Waals surface area contributed by atoms with Crippen LogP contribution in [0, 0.1) is 6.92 Å². The zero-order valence-corrected chi connectivity index (χ0v) is 13.1. The molecule has 6 heteroatoms. The lowest BCUT2D eigenvalue weighted by molar-refractivity contribution is -0.660. The lowest BCUT2D eigenvalue weighted by atomic mass is 10.2. The molecular weight excluding hydrogens is 284 g/mol. The van der Waals surface area contributed by atoms with E-state index in [1.807, 2.05) is 23.7 Å². The fraction of sp³-hybridized carbons (Fsp3) is 0.400. The van der Waals surface area contributed by atoms with E-state index in [4.69, 9.17) is 4.74 Å². The van der Waals surface area contributed by atoms with E-state index >= 15 is 0 Å². The van der Waals surface area contributed by atoms with Gasteiger partial charge < -0.3 is 9.64 Å². The molecule has 1 fully saturated rings. The highest BCUT2D eigenvalue weighted by Crippen LogP contribution is 2.23. The molecule has 0 radical (unpaired) electrons. The van der Waals surface area contributed by atoms with Crippen molar-refractivity contribution in [2.24, 2.45) is 17.3 Å². The minimum Gasteiger partial charge on any atom is -0.378 e. The summed E-state index contributed by atoms with van der Waals surface area (Å²) in [6.07, 6.45) is 0. The van der Waals surface area contributed by atoms with Gasteiger partial charge in [0.05, 0.1) is 25.4 Å². The first kappa shape index (κ1) is 14.2. The average molecular weight is 303 g/mol. The monoisotopic (exact) mass is 303 g/mol. The number of azo groups is 1. The molecule has 1 aliphatic heterocycles. The van der Waals surface area contributed by atoms with Gasteiger partial charge in [-0.25, -0.2) is 4.57 Å². The molecule has 1 saturated heterocycles. The molecule has 2 heterocycles. The van der Waals surface area contributed by atoms with E-state index in [9.17, 15) is 0 Å². The van der Waals surface area contributed by atoms with E-state index in [-0.39, 0.29) is 0 Å². The van der Waals surface area contributed by atoms with Crippen LogP contribution in [0.2, 0.25) is 0 Å². The van der Waals surface area contributed by atoms with Crippen molar-refractivity contribution < 1.29 is 9.30 Å². The largest absolute Gasteiger partial charge is 0.408 e. The molecule has 0 atom stereocenters. The van der Waals surface area contributed by atoms with Gasteiger partial charge >= 0.3 is 5.13 Å². The average Bonchev–Trinajstić information content (AvgIpc) is 2.86. The van der Waals surface area contributed by atoms with Crippen LogP contribution >= 0.6 is 11.3 Å². The highest BCUT2D eigenvalue weighted by Gasteiger charge is 2.12. The van der Waals surface area contributed by atoms with Crippen LogP contribution in [0.4, 0.5) is 16.5 Å². The summed E-state index contributed by atoms with van der Waals surface area (Å²) in [6, 6.07) is 8.21. The maximum atomic E-state index is 5.37. The van der Waals surface area contributed by atoms with Crippen LogP contribution in [-0.2, 0) is 11.8 Å². The minimum atomic E-state index is 0.801. The molecule has 21 heavy (non-hydrogen) atoms. The Morgan fingerprint density at radius 1 is 1.14 bits per heavy atom. The van der Waals surface area contributed by atoms with Crippen LogP contribution in [0.5, 0.6) is 0 Å². The zero-order chi connectivity index (χ0) is 14.7. The molecule has 0 spiro atoms. The topological polar surface area (TPSA) is 41.1 Å². The van der Waals surface area contributed by atoms with E-state index < -0.39 is 0 Å². The lowest BCUT2D eigenvalue weighted by Gasteiger charge is -2.28. The zero-order valence-electron chi connectivity index (χ0n) is 12.3. The van der Waals surface area contributed by atoms with E-state index in [2.05, 4.69) is 39.6 Å². The van der Waals surface area contributed by atoms with Crippen molar-refractivity contribution in [3.8, 4) is 0 Å². The molecule has 0 aliphatic carbocycles. The summed E-state index contributed by atoms with van der Waals surface area (Å²) >= 11 is 1.60. The van der Waals surface area contributed by atoms with Crippen molar-refractivity contribution in [3.05, 3.63) is 35.3 Å². The Morgan fingerprint density at radius 3 is 2.48 bits per heavy atom. The Morgan fingerprint density at radius 2 is 1.86 bits per heavy atom. The SMILES string of the molecule is Cc1csc(/N=N/c2ccc(N3CCOCC3)cc2)[n+]1C. The molecule has 0 amide bonds. The number of ether oxygens (including phenoxy) is 1. The molecule has 2 aromatic rings. The first-order valence-corrected chi connectivity index (χ1v) is 7.90. The number of aryl methyl sites for hydroxylation is 1. The van der Waals surface area contributed by atoms with Gasteiger partial charge in [-0.3, -0.25) is 0 Å². The third-order valence-corrected chi connectivity index (χ3v) is 4.65. The maximum absolute atomic E-state index is 5.37. The summed E-state index contributed by atoms with van der Waals surface area (Å²) in [5.74, 6) is 0. The number of aromatic nitrogens is 1. The summed E-state index contributed by atoms with van der Waals surface area (Å²) in [6.45, 7) is 5.56. The number of thiazole rings is 1. The molecule has 1 aromatic carbocycles. The number of rotatable bonds is 3. The van der Waals surface area contributed by atoms with Gasteiger partial charge in [0.25, 0.3) is 0 Å². The molecule has 3 rings (SSSR count). The Labute approximate surface area is 128 Å². The van der Waals surface area contributed by atoms with E-state index in [1.165, 1.54) is 11.4 Å². The number of anilines is 1. The molecule has 1 aliphatic rings. The summed E-state index contributed by atoms with van der Waals surface area (Å²) < 4.78 is 7.41. The van der Waals surface area contributed by atoms with Gasteiger partial charge in [-0.05, 0) is 47.6 Å². The number of nitrogens with zero attached hydrogens (tertiary/aromatic N) is 4. The van der Waals surface area contributed by atoms with Crippen LogP contribution in [-0.4, -0.2) is 26.3 Å². The van der Waals surface area contributed by atoms with Crippen molar-refractivity contribution in [2.45, 2.75) is 6.92 Å². The summed E-state index contributed by atoms with van der Waals surface area (Å²) in [7, 11) is 2.00. The Bertz CT molecular complexity index is 630. The number of benzene rings is 1. The highest BCUT2D eigenvalue weighted by atomic mass is 32.1. The van der Waals surface area contributed by atoms with Crippen LogP contribution in [0.3, 0.4) is 0 Å². The second kappa shape index (κ2) is 6.32. The standard InChI is InChI=1S/C15H19N4OS/c1-12-11-21-15(18(12)2)17-16-13-3-5-14(6-4-13)19-7-9-20-10-8-19/h3-6,11H,7-10H2,1-2H3/q+1. The maximum Gasteiger partial charge on any atom is 0.408 e. The smallest absolute Gasteiger partial charge is 0.378 e. The second-order valence-electron chi connectivity index (χ2n) is 5.03. The quantitative estimate of drug-likeness (QED) is 0.645. The first-order chi connectivity index (χ1) is 10.2. The van der Waals surface area contributed by atoms with Crippen molar-refractivity contribution in [2.75, 3.05) is 31.2 Å². The minimum absolute atomic E-state index is 0.801. The Hall–Kier alpha value is -1.79. The molecule has 0 bridgehead atoms. The van der Waals surface area contributed by atoms with E-state index in [1.54, 1.807) is 11.3 Å². The molecule has 5 nitrogen and oxygen atoms in total. The molecule has 0 N–H and O–H groups in total. The van der Waals surface area contributed by atoms with Crippen molar-refractivity contribution in [1.82, 2.24) is 0 Å². The molecule has 0 unspecified atom stereocenters. The van der Waals surface area contributed by atoms with Gasteiger partial charge in [-0.1, -0.05) is 0 Å². The van der Waals surface area contributed by atoms with Gasteiger partial charge in [-0.2, -0.15) is 0 Å². The van der Waals surface area contributed by atoms with Crippen molar-refractivity contribution in [1.29, 1.82) is 0 Å². The Balaban J connectivity index is 1.70. The van der Waals surface area contributed by atoms with Crippen molar-refractivity contribution in [3.63, 3.8) is 0 Å². The summed E-state index contributed by atoms with van der Waals surface area (Å²) in [5, 5.41) is 11.6. The van der Waals surface area contributed by atoms with Gasteiger partial charge in [-0.15, -0.1) is 0 Å². The second-order valence-corrected chi connectivity index (χ2v) is 5.87. The molecule has 1 aromatic heterocycles. The fourth-order valence-corrected chi connectivity index (χ4v) is 3.01. The molecular formula is C15H19N4OS+. The number of hydrogen-bond acceptors (Lipinski definition) is 5. The normalized spacial score (nSPS) is 15.8. The molecule has 110 valence electrons. The predicted molar refractivity (Wildman–Crippen MR) is 83.9 cm³/mol. The third kappa shape index (κ3) is 3.28. The van der Waals surface area contributed by atoms with Crippen LogP contribution < -0.4 is 9.47 Å². The van der Waals surface area contributed by atoms with E-state index in [0.717, 1.165) is 37.1 Å². The summed E-state index contributed by atoms with van der Waals surface area (Å²) in [4.78, 5) is 2.33. The van der Waals surface area contributed by atoms with E-state index in [0.29, 0.717) is 0 Å². The first-order valence-electron chi connectivity index (χ1n) is 7.02. The molecule has 0 saturated carbocycles. The fourth-order valence-electron chi connectivity index (χ4n) is 2.19. The lowest BCUT2D eigenvalue weighted by Crippen LogP contribution is -2.36. The van der Waals surface area contributed by atoms with Gasteiger partial charge in [0.2, 0.25) is 0 Å². The number of hydrogen-bond donors (Lipinski definition) is 0. The Kier molecular flexibility index (Phi) is 4.26. The van der Waals surface area contributed by atoms with Gasteiger partial charge in [0.15, 0.2) is 0 Å². The van der Waals surface area contributed by atoms with Gasteiger partial charge in [0, 0.05) is 24.2 Å². The number of morpholine rings is 1. The van der Waals surface area contributed by atoms with Crippen LogP contribution in [0.15, 0.2) is 39.9 Å². The highest BCUT2D eigenvalue weighted by molar-refractivity contribution is 7.12. The van der Waals surface area contributed by atoms with Crippen LogP contribution in [0.1, 0.15) is 5.69 Å². The summed E-state index contributed by atoms with van der Waals surface area (Å²) in [5.41, 5.74) is 3.28. The van der Waals surface area contributed by atoms with Gasteiger partial charge in [0.1, 0.15) is 11.4 Å². The van der Waals surface area contributed by atoms with Crippen LogP contribution in [0.25, 0.3) is 0 Å². The third-order valence-electron chi connectivity index (χ3n) is 3.63.